The zero-order chi connectivity index (χ0) is 19.3. The molecule has 0 aromatic heterocycles. The number of carbonyl (C=O) groups is 4. The van der Waals surface area contributed by atoms with Crippen molar-refractivity contribution < 1.29 is 29.0 Å². The van der Waals surface area contributed by atoms with Gasteiger partial charge in [0, 0.05) is 26.4 Å². The van der Waals surface area contributed by atoms with Gasteiger partial charge in [-0.1, -0.05) is 12.2 Å². The summed E-state index contributed by atoms with van der Waals surface area (Å²) < 4.78 is 4.85. The Morgan fingerprint density at radius 3 is 2.77 bits per heavy atom. The Labute approximate surface area is 151 Å². The second-order valence-corrected chi connectivity index (χ2v) is 6.73. The van der Waals surface area contributed by atoms with Crippen LogP contribution >= 0.6 is 0 Å². The minimum absolute atomic E-state index is 0.290. The largest absolute Gasteiger partial charge is 0.479 e. The van der Waals surface area contributed by atoms with Crippen LogP contribution in [0.15, 0.2) is 12.2 Å². The minimum atomic E-state index is -1.37. The molecule has 9 heteroatoms. The van der Waals surface area contributed by atoms with Crippen molar-refractivity contribution in [3.8, 4) is 0 Å². The molecule has 1 saturated carbocycles. The molecule has 2 rings (SSSR count). The van der Waals surface area contributed by atoms with Gasteiger partial charge in [-0.25, -0.2) is 9.59 Å². The van der Waals surface area contributed by atoms with Crippen LogP contribution in [0.5, 0.6) is 0 Å². The third-order valence-electron chi connectivity index (χ3n) is 4.64. The van der Waals surface area contributed by atoms with E-state index in [2.05, 4.69) is 10.6 Å². The van der Waals surface area contributed by atoms with Crippen LogP contribution in [0.4, 0.5) is 4.79 Å². The van der Waals surface area contributed by atoms with Crippen molar-refractivity contribution in [1.82, 2.24) is 15.5 Å². The third kappa shape index (κ3) is 4.74. The van der Waals surface area contributed by atoms with Gasteiger partial charge in [0.15, 0.2) is 0 Å². The van der Waals surface area contributed by atoms with Gasteiger partial charge in [0.05, 0.1) is 0 Å². The van der Waals surface area contributed by atoms with Crippen molar-refractivity contribution in [2.24, 2.45) is 5.92 Å². The first-order valence-electron chi connectivity index (χ1n) is 8.63. The molecule has 1 aliphatic heterocycles. The van der Waals surface area contributed by atoms with E-state index in [-0.39, 0.29) is 12.5 Å². The number of rotatable bonds is 3. The predicted molar refractivity (Wildman–Crippen MR) is 91.2 cm³/mol. The molecular formula is C17H25N3O6. The van der Waals surface area contributed by atoms with Gasteiger partial charge in [-0.05, 0) is 25.7 Å². The number of nitrogens with one attached hydrogen (secondary N) is 2. The van der Waals surface area contributed by atoms with E-state index in [1.54, 1.807) is 7.05 Å². The Balaban J connectivity index is 2.20. The molecule has 0 aromatic carbocycles. The first-order chi connectivity index (χ1) is 12.3. The van der Waals surface area contributed by atoms with Gasteiger partial charge >= 0.3 is 18.0 Å². The Morgan fingerprint density at radius 1 is 1.38 bits per heavy atom. The molecule has 0 saturated heterocycles. The second kappa shape index (κ2) is 8.20. The van der Waals surface area contributed by atoms with Gasteiger partial charge in [0.25, 0.3) is 0 Å². The number of urea groups is 1. The zero-order valence-corrected chi connectivity index (χ0v) is 15.0. The number of esters is 1. The summed E-state index contributed by atoms with van der Waals surface area (Å²) in [4.78, 5) is 49.0. The van der Waals surface area contributed by atoms with E-state index in [1.165, 1.54) is 11.8 Å². The number of aliphatic carboxylic acids is 1. The summed E-state index contributed by atoms with van der Waals surface area (Å²) in [6.45, 7) is 1.34. The summed E-state index contributed by atoms with van der Waals surface area (Å²) in [6, 6.07) is -1.65. The van der Waals surface area contributed by atoms with Crippen molar-refractivity contribution >= 4 is 23.9 Å². The Morgan fingerprint density at radius 2 is 2.12 bits per heavy atom. The normalized spacial score (nSPS) is 30.9. The number of hydrogen-bond acceptors (Lipinski definition) is 5. The molecule has 144 valence electrons. The number of allylic oxidation sites excluding steroid dienone is 1. The molecule has 3 amide bonds. The number of nitrogens with zero attached hydrogens (tertiary/aromatic N) is 1. The topological polar surface area (TPSA) is 125 Å². The van der Waals surface area contributed by atoms with Crippen molar-refractivity contribution in [1.29, 1.82) is 0 Å². The fraction of sp³-hybridized carbons (Fsp3) is 0.647. The summed E-state index contributed by atoms with van der Waals surface area (Å²) in [7, 11) is 1.60. The molecule has 3 N–H and O–H groups in total. The lowest BCUT2D eigenvalue weighted by Crippen LogP contribution is -2.57. The first-order valence-corrected chi connectivity index (χ1v) is 8.63. The maximum Gasteiger partial charge on any atom is 0.330 e. The third-order valence-corrected chi connectivity index (χ3v) is 4.64. The molecule has 0 spiro atoms. The Hall–Kier alpha value is -2.58. The van der Waals surface area contributed by atoms with Crippen molar-refractivity contribution in [3.63, 3.8) is 0 Å². The SMILES string of the molecule is CC(=O)OC[C@@H]1NC(=O)N(C)CCCC/C=C\[C@H]2C[C@@]2(C(=O)O)NC1=O. The number of carboxylic acid groups (broad SMARTS) is 1. The Kier molecular flexibility index (Phi) is 6.23. The maximum atomic E-state index is 12.6. The summed E-state index contributed by atoms with van der Waals surface area (Å²) >= 11 is 0. The smallest absolute Gasteiger partial charge is 0.330 e. The van der Waals surface area contributed by atoms with Crippen molar-refractivity contribution in [2.75, 3.05) is 20.2 Å². The zero-order valence-electron chi connectivity index (χ0n) is 15.0. The minimum Gasteiger partial charge on any atom is -0.479 e. The number of carbonyl (C=O) groups excluding carboxylic acids is 3. The van der Waals surface area contributed by atoms with Gasteiger partial charge < -0.3 is 25.4 Å². The van der Waals surface area contributed by atoms with Crippen LogP contribution in [-0.2, 0) is 19.1 Å². The summed E-state index contributed by atoms with van der Waals surface area (Å²) in [6.07, 6.45) is 6.46. The van der Waals surface area contributed by atoms with Gasteiger partial charge in [-0.15, -0.1) is 0 Å². The number of ether oxygens (including phenoxy) is 1. The fourth-order valence-electron chi connectivity index (χ4n) is 2.89. The first kappa shape index (κ1) is 19.7. The van der Waals surface area contributed by atoms with Crippen LogP contribution in [0.2, 0.25) is 0 Å². The molecule has 2 aliphatic rings. The summed E-state index contributed by atoms with van der Waals surface area (Å²) in [5, 5.41) is 14.6. The van der Waals surface area contributed by atoms with Gasteiger partial charge in [0.2, 0.25) is 5.91 Å². The lowest BCUT2D eigenvalue weighted by molar-refractivity contribution is -0.146. The molecule has 9 nitrogen and oxygen atoms in total. The average molecular weight is 367 g/mol. The molecule has 26 heavy (non-hydrogen) atoms. The van der Waals surface area contributed by atoms with E-state index in [1.807, 2.05) is 12.2 Å². The number of amides is 3. The maximum absolute atomic E-state index is 12.6. The molecule has 0 aromatic rings. The van der Waals surface area contributed by atoms with Crippen LogP contribution < -0.4 is 10.6 Å². The number of hydrogen-bond donors (Lipinski definition) is 3. The second-order valence-electron chi connectivity index (χ2n) is 6.73. The van der Waals surface area contributed by atoms with Gasteiger partial charge in [-0.3, -0.25) is 9.59 Å². The highest BCUT2D eigenvalue weighted by atomic mass is 16.5. The number of carboxylic acids is 1. The van der Waals surface area contributed by atoms with Crippen LogP contribution in [-0.4, -0.2) is 65.7 Å². The van der Waals surface area contributed by atoms with Crippen molar-refractivity contribution in [2.45, 2.75) is 44.2 Å². The quantitative estimate of drug-likeness (QED) is 0.485. The number of fused-ring (bicyclic) bond motifs is 1. The lowest BCUT2D eigenvalue weighted by Gasteiger charge is -2.24. The van der Waals surface area contributed by atoms with Gasteiger partial charge in [-0.2, -0.15) is 0 Å². The van der Waals surface area contributed by atoms with Gasteiger partial charge in [0.1, 0.15) is 18.2 Å². The fourth-order valence-corrected chi connectivity index (χ4v) is 2.89. The lowest BCUT2D eigenvalue weighted by atomic mass is 10.1. The van der Waals surface area contributed by atoms with E-state index in [4.69, 9.17) is 4.74 Å². The van der Waals surface area contributed by atoms with Crippen LogP contribution in [0.25, 0.3) is 0 Å². The highest BCUT2D eigenvalue weighted by Crippen LogP contribution is 2.45. The Bertz CT molecular complexity index is 620. The van der Waals surface area contributed by atoms with E-state index in [0.717, 1.165) is 19.3 Å². The molecule has 0 radical (unpaired) electrons. The van der Waals surface area contributed by atoms with Crippen LogP contribution in [0.1, 0.15) is 32.6 Å². The molecular weight excluding hydrogens is 342 g/mol. The van der Waals surface area contributed by atoms with E-state index >= 15 is 0 Å². The van der Waals surface area contributed by atoms with E-state index in [9.17, 15) is 24.3 Å². The van der Waals surface area contributed by atoms with E-state index < -0.39 is 35.5 Å². The molecule has 1 heterocycles. The molecule has 1 fully saturated rings. The predicted octanol–water partition coefficient (Wildman–Crippen LogP) is 0.259. The molecule has 0 bridgehead atoms. The molecule has 0 unspecified atom stereocenters. The highest BCUT2D eigenvalue weighted by Gasteiger charge is 2.60. The van der Waals surface area contributed by atoms with E-state index in [0.29, 0.717) is 13.0 Å². The van der Waals surface area contributed by atoms with Crippen LogP contribution in [0, 0.1) is 5.92 Å². The average Bonchev–Trinajstić information content (AvgIpc) is 3.27. The summed E-state index contributed by atoms with van der Waals surface area (Å²) in [5.41, 5.74) is -1.37. The standard InChI is InChI=1S/C17H25N3O6/c1-11(21)26-10-13-14(22)19-17(15(23)24)9-12(17)7-5-3-4-6-8-20(2)16(25)18-13/h5,7,12-13H,3-4,6,8-10H2,1-2H3,(H,18,25)(H,19,22)(H,23,24)/b7-5-/t12-,13-,17+/m0/s1. The highest BCUT2D eigenvalue weighted by molar-refractivity contribution is 5.94. The van der Waals surface area contributed by atoms with Crippen LogP contribution in [0.3, 0.4) is 0 Å². The molecule has 3 atom stereocenters. The summed E-state index contributed by atoms with van der Waals surface area (Å²) in [5.74, 6) is -2.70. The monoisotopic (exact) mass is 367 g/mol. The molecule has 1 aliphatic carbocycles. The van der Waals surface area contributed by atoms with Crippen molar-refractivity contribution in [3.05, 3.63) is 12.2 Å².